The molecule has 2 amide bonds. The van der Waals surface area contributed by atoms with E-state index in [1.807, 2.05) is 6.07 Å². The Balaban J connectivity index is 1.56. The summed E-state index contributed by atoms with van der Waals surface area (Å²) in [5, 5.41) is 0. The summed E-state index contributed by atoms with van der Waals surface area (Å²) in [6, 6.07) is 1.70. The van der Waals surface area contributed by atoms with Crippen molar-refractivity contribution in [3.8, 4) is 0 Å². The fourth-order valence-corrected chi connectivity index (χ4v) is 3.62. The lowest BCUT2D eigenvalue weighted by Crippen LogP contribution is -2.54. The maximum absolute atomic E-state index is 12.8. The molecule has 1 saturated carbocycles. The Morgan fingerprint density at radius 2 is 2.04 bits per heavy atom. The van der Waals surface area contributed by atoms with Gasteiger partial charge in [0.2, 0.25) is 0 Å². The first kappa shape index (κ1) is 15.2. The largest absolute Gasteiger partial charge is 0.447 e. The minimum atomic E-state index is -0.553. The Morgan fingerprint density at radius 1 is 1.25 bits per heavy atom. The number of ether oxygens (including phenoxy) is 1. The molecule has 0 N–H and O–H groups in total. The Hall–Kier alpha value is -2.31. The van der Waals surface area contributed by atoms with Gasteiger partial charge in [-0.25, -0.2) is 9.59 Å². The van der Waals surface area contributed by atoms with Gasteiger partial charge in [-0.05, 0) is 31.4 Å². The lowest BCUT2D eigenvalue weighted by Gasteiger charge is -2.35. The van der Waals surface area contributed by atoms with Crippen molar-refractivity contribution in [2.24, 2.45) is 0 Å². The second-order valence-corrected chi connectivity index (χ2v) is 6.80. The van der Waals surface area contributed by atoms with E-state index in [0.717, 1.165) is 19.3 Å². The minimum Gasteiger partial charge on any atom is -0.447 e. The molecule has 0 spiro atoms. The number of nitrogens with zero attached hydrogens (tertiary/aromatic N) is 2. The summed E-state index contributed by atoms with van der Waals surface area (Å²) in [7, 11) is 0. The number of fused-ring (bicyclic) bond motifs is 1. The topological polar surface area (TPSA) is 80.1 Å². The van der Waals surface area contributed by atoms with Gasteiger partial charge in [0, 0.05) is 25.6 Å². The van der Waals surface area contributed by atoms with E-state index in [1.165, 1.54) is 0 Å². The van der Waals surface area contributed by atoms with Gasteiger partial charge in [0.25, 0.3) is 5.91 Å². The molecule has 4 rings (SSSR count). The maximum Gasteiger partial charge on any atom is 0.410 e. The number of rotatable bonds is 2. The highest BCUT2D eigenvalue weighted by atomic mass is 16.6. The zero-order valence-electron chi connectivity index (χ0n) is 13.6. The van der Waals surface area contributed by atoms with E-state index in [0.29, 0.717) is 36.9 Å². The number of cyclic esters (lactones) is 1. The van der Waals surface area contributed by atoms with Gasteiger partial charge < -0.3 is 14.1 Å². The number of aryl methyl sites for hydroxylation is 1. The van der Waals surface area contributed by atoms with Crippen molar-refractivity contribution in [2.45, 2.75) is 38.1 Å². The Bertz CT molecular complexity index is 752. The van der Waals surface area contributed by atoms with E-state index < -0.39 is 5.63 Å². The van der Waals surface area contributed by atoms with Crippen LogP contribution < -0.4 is 5.63 Å². The van der Waals surface area contributed by atoms with Crippen molar-refractivity contribution in [2.75, 3.05) is 26.2 Å². The van der Waals surface area contributed by atoms with Crippen LogP contribution in [-0.4, -0.2) is 54.1 Å². The normalized spacial score (nSPS) is 23.7. The van der Waals surface area contributed by atoms with E-state index in [2.05, 4.69) is 0 Å². The van der Waals surface area contributed by atoms with Crippen LogP contribution in [0.4, 0.5) is 4.79 Å². The summed E-state index contributed by atoms with van der Waals surface area (Å²) >= 11 is 0. The predicted molar refractivity (Wildman–Crippen MR) is 84.1 cm³/mol. The number of piperazine rings is 1. The van der Waals surface area contributed by atoms with Crippen LogP contribution in [0.2, 0.25) is 0 Å². The fraction of sp³-hybridized carbons (Fsp3) is 0.588. The Kier molecular flexibility index (Phi) is 3.58. The maximum atomic E-state index is 12.8. The van der Waals surface area contributed by atoms with Crippen molar-refractivity contribution >= 4 is 12.0 Å². The quantitative estimate of drug-likeness (QED) is 0.820. The highest BCUT2D eigenvalue weighted by Gasteiger charge is 2.39. The molecule has 1 aromatic heterocycles. The summed E-state index contributed by atoms with van der Waals surface area (Å²) < 4.78 is 10.4. The van der Waals surface area contributed by atoms with Crippen LogP contribution in [0.5, 0.6) is 0 Å². The third kappa shape index (κ3) is 2.39. The average molecular weight is 332 g/mol. The van der Waals surface area contributed by atoms with Gasteiger partial charge >= 0.3 is 11.7 Å². The molecular formula is C17H20N2O5. The van der Waals surface area contributed by atoms with Crippen LogP contribution >= 0.6 is 0 Å². The summed E-state index contributed by atoms with van der Waals surface area (Å²) in [6.07, 6.45) is 2.90. The molecule has 0 bridgehead atoms. The molecule has 2 aliphatic heterocycles. The molecule has 1 aliphatic carbocycles. The highest BCUT2D eigenvalue weighted by Crippen LogP contribution is 2.36. The number of carbonyl (C=O) groups is 2. The molecule has 1 unspecified atom stereocenters. The van der Waals surface area contributed by atoms with Gasteiger partial charge in [0.05, 0.1) is 6.04 Å². The first-order chi connectivity index (χ1) is 11.5. The minimum absolute atomic E-state index is 0.108. The molecule has 3 aliphatic rings. The third-order valence-electron chi connectivity index (χ3n) is 5.29. The standard InChI is InChI=1S/C17H20N2O5/c1-10-7-13(11-3-2-4-11)24-16(21)14(10)15(20)18-5-6-19-12(8-18)9-23-17(19)22/h7,11-12H,2-6,8-9H2,1H3. The van der Waals surface area contributed by atoms with E-state index >= 15 is 0 Å². The van der Waals surface area contributed by atoms with Crippen LogP contribution in [0.15, 0.2) is 15.3 Å². The number of carbonyl (C=O) groups excluding carboxylic acids is 2. The number of hydrogen-bond acceptors (Lipinski definition) is 5. The van der Waals surface area contributed by atoms with Crippen molar-refractivity contribution < 1.29 is 18.7 Å². The zero-order valence-corrected chi connectivity index (χ0v) is 13.6. The molecular weight excluding hydrogens is 312 g/mol. The van der Waals surface area contributed by atoms with Gasteiger partial charge in [-0.1, -0.05) is 6.42 Å². The van der Waals surface area contributed by atoms with Crippen LogP contribution in [0, 0.1) is 6.92 Å². The smallest absolute Gasteiger partial charge is 0.410 e. The first-order valence-electron chi connectivity index (χ1n) is 8.42. The van der Waals surface area contributed by atoms with Crippen LogP contribution in [0.3, 0.4) is 0 Å². The summed E-state index contributed by atoms with van der Waals surface area (Å²) in [4.78, 5) is 40.0. The molecule has 7 nitrogen and oxygen atoms in total. The predicted octanol–water partition coefficient (Wildman–Crippen LogP) is 1.49. The first-order valence-corrected chi connectivity index (χ1v) is 8.42. The molecule has 0 radical (unpaired) electrons. The fourth-order valence-electron chi connectivity index (χ4n) is 3.62. The lowest BCUT2D eigenvalue weighted by molar-refractivity contribution is 0.0611. The van der Waals surface area contributed by atoms with Gasteiger partial charge in [-0.15, -0.1) is 0 Å². The molecule has 1 atom stereocenters. The number of hydrogen-bond donors (Lipinski definition) is 0. The van der Waals surface area contributed by atoms with E-state index in [9.17, 15) is 14.4 Å². The van der Waals surface area contributed by atoms with Crippen LogP contribution in [-0.2, 0) is 4.74 Å². The SMILES string of the molecule is Cc1cc(C2CCC2)oc(=O)c1C(=O)N1CCN2C(=O)OCC2C1. The van der Waals surface area contributed by atoms with Gasteiger partial charge in [-0.3, -0.25) is 9.69 Å². The second-order valence-electron chi connectivity index (χ2n) is 6.80. The van der Waals surface area contributed by atoms with Crippen molar-refractivity contribution in [3.63, 3.8) is 0 Å². The molecule has 3 fully saturated rings. The summed E-state index contributed by atoms with van der Waals surface area (Å²) in [5.41, 5.74) is 0.221. The molecule has 128 valence electrons. The Labute approximate surface area is 139 Å². The van der Waals surface area contributed by atoms with Crippen molar-refractivity contribution in [3.05, 3.63) is 33.4 Å². The monoisotopic (exact) mass is 332 g/mol. The van der Waals surface area contributed by atoms with E-state index in [4.69, 9.17) is 9.15 Å². The molecule has 3 heterocycles. The third-order valence-corrected chi connectivity index (χ3v) is 5.29. The molecule has 0 aromatic carbocycles. The Morgan fingerprint density at radius 3 is 2.71 bits per heavy atom. The van der Waals surface area contributed by atoms with Gasteiger partial charge in [0.15, 0.2) is 0 Å². The number of amides is 2. The summed E-state index contributed by atoms with van der Waals surface area (Å²) in [5.74, 6) is 0.686. The molecule has 1 aromatic rings. The zero-order chi connectivity index (χ0) is 16.8. The van der Waals surface area contributed by atoms with E-state index in [-0.39, 0.29) is 30.2 Å². The van der Waals surface area contributed by atoms with Gasteiger partial charge in [-0.2, -0.15) is 0 Å². The molecule has 7 heteroatoms. The lowest BCUT2D eigenvalue weighted by atomic mass is 9.83. The highest BCUT2D eigenvalue weighted by molar-refractivity contribution is 5.95. The van der Waals surface area contributed by atoms with Crippen LogP contribution in [0.1, 0.15) is 46.9 Å². The second kappa shape index (κ2) is 5.65. The average Bonchev–Trinajstić information content (AvgIpc) is 2.85. The van der Waals surface area contributed by atoms with Crippen LogP contribution in [0.25, 0.3) is 0 Å². The van der Waals surface area contributed by atoms with E-state index in [1.54, 1.807) is 16.7 Å². The molecule has 2 saturated heterocycles. The molecule has 24 heavy (non-hydrogen) atoms. The summed E-state index contributed by atoms with van der Waals surface area (Å²) in [6.45, 7) is 3.28. The van der Waals surface area contributed by atoms with Crippen molar-refractivity contribution in [1.29, 1.82) is 0 Å². The van der Waals surface area contributed by atoms with Gasteiger partial charge in [0.1, 0.15) is 17.9 Å². The van der Waals surface area contributed by atoms with Crippen molar-refractivity contribution in [1.82, 2.24) is 9.80 Å².